The molecule has 2 aliphatic rings. The molecule has 0 spiro atoms. The smallest absolute Gasteiger partial charge is 0.406 e. The van der Waals surface area contributed by atoms with Crippen LogP contribution in [-0.4, -0.2) is 36.4 Å². The second-order valence-electron chi connectivity index (χ2n) is 8.40. The Balaban J connectivity index is 1.31. The Morgan fingerprint density at radius 1 is 0.833 bits per heavy atom. The lowest BCUT2D eigenvalue weighted by Crippen LogP contribution is -2.47. The molecule has 2 fully saturated rings. The first kappa shape index (κ1) is 21.0. The number of halogens is 3. The number of benzene rings is 2. The second-order valence-corrected chi connectivity index (χ2v) is 8.40. The van der Waals surface area contributed by atoms with Gasteiger partial charge in [-0.05, 0) is 61.4 Å². The van der Waals surface area contributed by atoms with E-state index in [9.17, 15) is 13.2 Å². The van der Waals surface area contributed by atoms with Gasteiger partial charge in [0.25, 0.3) is 0 Å². The Bertz CT molecular complexity index is 786. The Morgan fingerprint density at radius 3 is 2.17 bits per heavy atom. The number of rotatable bonds is 5. The average Bonchev–Trinajstić information content (AvgIpc) is 2.75. The van der Waals surface area contributed by atoms with Crippen LogP contribution >= 0.6 is 0 Å². The van der Waals surface area contributed by atoms with Gasteiger partial charge in [-0.2, -0.15) is 0 Å². The van der Waals surface area contributed by atoms with Crippen LogP contribution in [-0.2, 0) is 0 Å². The van der Waals surface area contributed by atoms with Crippen molar-refractivity contribution in [3.05, 3.63) is 60.2 Å². The van der Waals surface area contributed by atoms with E-state index in [1.54, 1.807) is 12.1 Å². The first-order valence-electron chi connectivity index (χ1n) is 10.9. The molecule has 2 aromatic carbocycles. The summed E-state index contributed by atoms with van der Waals surface area (Å²) in [5, 5.41) is 3.47. The van der Waals surface area contributed by atoms with Gasteiger partial charge in [-0.3, -0.25) is 4.90 Å². The molecule has 1 aliphatic carbocycles. The van der Waals surface area contributed by atoms with Gasteiger partial charge in [-0.25, -0.2) is 0 Å². The second kappa shape index (κ2) is 9.29. The van der Waals surface area contributed by atoms with Crippen LogP contribution in [0.2, 0.25) is 0 Å². The molecule has 0 aromatic heterocycles. The van der Waals surface area contributed by atoms with Crippen LogP contribution < -0.4 is 10.1 Å². The molecule has 4 rings (SSSR count). The fraction of sp³-hybridized carbons (Fsp3) is 0.500. The van der Waals surface area contributed by atoms with Crippen molar-refractivity contribution >= 4 is 5.69 Å². The fourth-order valence-corrected chi connectivity index (χ4v) is 5.00. The lowest BCUT2D eigenvalue weighted by molar-refractivity contribution is -0.274. The average molecular weight is 419 g/mol. The van der Waals surface area contributed by atoms with Crippen molar-refractivity contribution in [1.82, 2.24) is 4.90 Å². The number of likely N-dealkylation sites (tertiary alicyclic amines) is 1. The predicted molar refractivity (Wildman–Crippen MR) is 113 cm³/mol. The van der Waals surface area contributed by atoms with E-state index in [1.807, 2.05) is 0 Å². The molecule has 3 nitrogen and oxygen atoms in total. The summed E-state index contributed by atoms with van der Waals surface area (Å²) < 4.78 is 40.8. The zero-order valence-corrected chi connectivity index (χ0v) is 17.1. The molecule has 30 heavy (non-hydrogen) atoms. The summed E-state index contributed by atoms with van der Waals surface area (Å²) in [5.74, 6) is 0.428. The summed E-state index contributed by atoms with van der Waals surface area (Å²) in [6.45, 7) is 2.11. The molecule has 1 heterocycles. The van der Waals surface area contributed by atoms with Crippen molar-refractivity contribution in [3.8, 4) is 5.75 Å². The van der Waals surface area contributed by atoms with Crippen molar-refractivity contribution in [1.29, 1.82) is 0 Å². The van der Waals surface area contributed by atoms with Gasteiger partial charge in [0.2, 0.25) is 0 Å². The number of ether oxygens (including phenoxy) is 1. The highest BCUT2D eigenvalue weighted by Gasteiger charge is 2.33. The molecule has 1 saturated carbocycles. The summed E-state index contributed by atoms with van der Waals surface area (Å²) in [4.78, 5) is 2.66. The van der Waals surface area contributed by atoms with Crippen molar-refractivity contribution in [2.75, 3.05) is 18.4 Å². The Labute approximate surface area is 176 Å². The van der Waals surface area contributed by atoms with Gasteiger partial charge in [0.05, 0.1) is 0 Å². The summed E-state index contributed by atoms with van der Waals surface area (Å²) in [7, 11) is 0. The van der Waals surface area contributed by atoms with Crippen LogP contribution in [0, 0.1) is 0 Å². The largest absolute Gasteiger partial charge is 0.573 e. The molecule has 2 atom stereocenters. The number of anilines is 1. The first-order chi connectivity index (χ1) is 14.5. The molecule has 0 radical (unpaired) electrons. The molecule has 0 bridgehead atoms. The minimum Gasteiger partial charge on any atom is -0.406 e. The molecule has 1 saturated heterocycles. The molecule has 2 aromatic rings. The highest BCUT2D eigenvalue weighted by molar-refractivity contribution is 5.47. The highest BCUT2D eigenvalue weighted by atomic mass is 19.4. The van der Waals surface area contributed by atoms with Crippen LogP contribution in [0.15, 0.2) is 54.6 Å². The van der Waals surface area contributed by atoms with E-state index in [-0.39, 0.29) is 5.75 Å². The minimum atomic E-state index is -4.65. The van der Waals surface area contributed by atoms with Crippen molar-refractivity contribution < 1.29 is 17.9 Å². The molecule has 0 amide bonds. The van der Waals surface area contributed by atoms with Gasteiger partial charge >= 0.3 is 6.36 Å². The van der Waals surface area contributed by atoms with E-state index < -0.39 is 6.36 Å². The summed E-state index contributed by atoms with van der Waals surface area (Å²) >= 11 is 0. The maximum atomic E-state index is 12.3. The Morgan fingerprint density at radius 2 is 1.50 bits per heavy atom. The standard InChI is InChI=1S/C24H29F3N2O/c25-24(26,27)30-21-12-10-19(11-13-21)28-20-14-16-29(17-15-20)23-9-5-4-8-22(23)18-6-2-1-3-7-18/h1-3,6-7,10-13,20,22-23,28H,4-5,8-9,14-17H2. The fourth-order valence-electron chi connectivity index (χ4n) is 5.00. The zero-order valence-electron chi connectivity index (χ0n) is 17.1. The van der Waals surface area contributed by atoms with Gasteiger partial charge in [-0.1, -0.05) is 43.2 Å². The monoisotopic (exact) mass is 418 g/mol. The van der Waals surface area contributed by atoms with Crippen LogP contribution in [0.25, 0.3) is 0 Å². The van der Waals surface area contributed by atoms with Gasteiger partial charge in [0.15, 0.2) is 0 Å². The topological polar surface area (TPSA) is 24.5 Å². The van der Waals surface area contributed by atoms with E-state index >= 15 is 0 Å². The zero-order chi connectivity index (χ0) is 21.0. The molecule has 1 N–H and O–H groups in total. The van der Waals surface area contributed by atoms with Gasteiger partial charge < -0.3 is 10.1 Å². The molecular formula is C24H29F3N2O. The van der Waals surface area contributed by atoms with Gasteiger partial charge in [0, 0.05) is 30.9 Å². The van der Waals surface area contributed by atoms with Crippen molar-refractivity contribution in [2.24, 2.45) is 0 Å². The summed E-state index contributed by atoms with van der Waals surface area (Å²) in [5.41, 5.74) is 2.30. The third-order valence-corrected chi connectivity index (χ3v) is 6.41. The lowest BCUT2D eigenvalue weighted by atomic mass is 9.78. The number of piperidine rings is 1. The first-order valence-corrected chi connectivity index (χ1v) is 10.9. The molecule has 2 unspecified atom stereocenters. The maximum absolute atomic E-state index is 12.3. The molecular weight excluding hydrogens is 389 g/mol. The highest BCUT2D eigenvalue weighted by Crippen LogP contribution is 2.37. The van der Waals surface area contributed by atoms with Crippen molar-refractivity contribution in [2.45, 2.75) is 62.9 Å². The van der Waals surface area contributed by atoms with E-state index in [4.69, 9.17) is 0 Å². The lowest BCUT2D eigenvalue weighted by Gasteiger charge is -2.44. The van der Waals surface area contributed by atoms with E-state index in [2.05, 4.69) is 45.3 Å². The van der Waals surface area contributed by atoms with Crippen LogP contribution in [0.5, 0.6) is 5.75 Å². The van der Waals surface area contributed by atoms with E-state index in [0.717, 1.165) is 31.6 Å². The van der Waals surface area contributed by atoms with E-state index in [1.165, 1.54) is 43.4 Å². The molecule has 6 heteroatoms. The number of hydrogen-bond acceptors (Lipinski definition) is 3. The number of alkyl halides is 3. The number of nitrogens with zero attached hydrogens (tertiary/aromatic N) is 1. The predicted octanol–water partition coefficient (Wildman–Crippen LogP) is 6.19. The third kappa shape index (κ3) is 5.48. The Hall–Kier alpha value is -2.21. The minimum absolute atomic E-state index is 0.188. The number of nitrogens with one attached hydrogen (secondary N) is 1. The van der Waals surface area contributed by atoms with Crippen LogP contribution in [0.1, 0.15) is 50.0 Å². The molecule has 1 aliphatic heterocycles. The maximum Gasteiger partial charge on any atom is 0.573 e. The Kier molecular flexibility index (Phi) is 6.52. The summed E-state index contributed by atoms with van der Waals surface area (Å²) in [6.07, 6.45) is 2.56. The third-order valence-electron chi connectivity index (χ3n) is 6.41. The van der Waals surface area contributed by atoms with Crippen molar-refractivity contribution in [3.63, 3.8) is 0 Å². The SMILES string of the molecule is FC(F)(F)Oc1ccc(NC2CCN(C3CCCCC3c3ccccc3)CC2)cc1. The summed E-state index contributed by atoms with van der Waals surface area (Å²) in [6, 6.07) is 17.9. The number of hydrogen-bond donors (Lipinski definition) is 1. The van der Waals surface area contributed by atoms with Gasteiger partial charge in [-0.15, -0.1) is 13.2 Å². The normalized spacial score (nSPS) is 23.8. The molecule has 162 valence electrons. The van der Waals surface area contributed by atoms with Gasteiger partial charge in [0.1, 0.15) is 5.75 Å². The van der Waals surface area contributed by atoms with E-state index in [0.29, 0.717) is 18.0 Å². The van der Waals surface area contributed by atoms with Crippen LogP contribution in [0.4, 0.5) is 18.9 Å². The quantitative estimate of drug-likeness (QED) is 0.627. The van der Waals surface area contributed by atoms with Crippen LogP contribution in [0.3, 0.4) is 0 Å².